The maximum Gasteiger partial charge on any atom is 0.162 e. The van der Waals surface area contributed by atoms with Crippen LogP contribution in [0.2, 0.25) is 0 Å². The Morgan fingerprint density at radius 2 is 1.73 bits per heavy atom. The van der Waals surface area contributed by atoms with Crippen molar-refractivity contribution in [2.45, 2.75) is 105 Å². The minimum atomic E-state index is 0.204. The Hall–Kier alpha value is -0.790. The second-order valence-corrected chi connectivity index (χ2v) is 12.6. The molecule has 0 heterocycles. The van der Waals surface area contributed by atoms with Gasteiger partial charge >= 0.3 is 0 Å². The summed E-state index contributed by atoms with van der Waals surface area (Å²) in [5, 5.41) is 9.67. The van der Waals surface area contributed by atoms with Crippen LogP contribution < -0.4 is 0 Å². The summed E-state index contributed by atoms with van der Waals surface area (Å²) in [5.74, 6) is 5.79. The Morgan fingerprint density at radius 3 is 2.43 bits per heavy atom. The molecule has 0 aromatic rings. The number of Topliss-reactive ketones (excluding diaryl/α,β-unsaturated/α-hetero) is 1. The third kappa shape index (κ3) is 3.58. The molecule has 170 valence electrons. The van der Waals surface area contributed by atoms with Crippen LogP contribution in [0, 0.1) is 52.3 Å². The summed E-state index contributed by atoms with van der Waals surface area (Å²) >= 11 is 0. The molecule has 4 aliphatic rings. The van der Waals surface area contributed by atoms with Gasteiger partial charge in [-0.1, -0.05) is 53.9 Å². The van der Waals surface area contributed by atoms with Crippen molar-refractivity contribution in [2.75, 3.05) is 0 Å². The van der Waals surface area contributed by atoms with E-state index in [9.17, 15) is 9.90 Å². The fourth-order valence-electron chi connectivity index (χ4n) is 9.15. The lowest BCUT2D eigenvalue weighted by Gasteiger charge is -2.60. The van der Waals surface area contributed by atoms with Gasteiger partial charge in [-0.3, -0.25) is 4.79 Å². The molecule has 4 fully saturated rings. The highest BCUT2D eigenvalue weighted by Gasteiger charge is 2.61. The smallest absolute Gasteiger partial charge is 0.162 e. The molecule has 0 aromatic heterocycles. The Balaban J connectivity index is 1.50. The van der Waals surface area contributed by atoms with Gasteiger partial charge in [0, 0.05) is 12.0 Å². The van der Waals surface area contributed by atoms with E-state index in [1.165, 1.54) is 57.8 Å². The Labute approximate surface area is 185 Å². The van der Waals surface area contributed by atoms with Gasteiger partial charge in [0.2, 0.25) is 0 Å². The van der Waals surface area contributed by atoms with Crippen LogP contribution in [0.4, 0.5) is 0 Å². The molecule has 0 unspecified atom stereocenters. The normalized spacial score (nSPS) is 45.9. The first kappa shape index (κ1) is 22.4. The Kier molecular flexibility index (Phi) is 6.19. The van der Waals surface area contributed by atoms with Crippen LogP contribution >= 0.6 is 0 Å². The first-order valence-electron chi connectivity index (χ1n) is 13.1. The van der Waals surface area contributed by atoms with Gasteiger partial charge in [-0.25, -0.2) is 0 Å². The first-order valence-corrected chi connectivity index (χ1v) is 13.1. The molecule has 0 saturated heterocycles. The van der Waals surface area contributed by atoms with Crippen LogP contribution in [0.5, 0.6) is 0 Å². The molecular weight excluding hydrogens is 368 g/mol. The van der Waals surface area contributed by atoms with Crippen LogP contribution in [-0.2, 0) is 4.79 Å². The standard InChI is InChI=1S/C28H46O2/c1-18(2)7-6-8-19(3)23-11-12-24-22-10-9-21-15-26(30)20(17-29)16-28(21,5)25(22)13-14-27(23,24)4/h17-19,21-25,29H,6-16H2,1-5H3/b20-17+/t19-,21-,22-,23+,24-,25-,27+,28-/m0/s1. The molecule has 0 bridgehead atoms. The SMILES string of the molecule is CC(C)CCC[C@H](C)[C@H]1CC[C@H]2[C@@H]3CC[C@H]4CC(=O)/C(=C/O)C[C@]4(C)[C@H]3CC[C@]12C. The molecule has 0 spiro atoms. The molecule has 1 N–H and O–H groups in total. The minimum Gasteiger partial charge on any atom is -0.515 e. The van der Waals surface area contributed by atoms with E-state index in [0.29, 0.717) is 23.3 Å². The molecule has 2 heteroatoms. The van der Waals surface area contributed by atoms with Gasteiger partial charge in [-0.05, 0) is 97.2 Å². The summed E-state index contributed by atoms with van der Waals surface area (Å²) in [6.45, 7) is 12.4. The molecule has 8 atom stereocenters. The third-order valence-electron chi connectivity index (χ3n) is 10.8. The van der Waals surface area contributed by atoms with Gasteiger partial charge in [0.15, 0.2) is 5.78 Å². The van der Waals surface area contributed by atoms with Crippen LogP contribution in [0.15, 0.2) is 11.8 Å². The fraction of sp³-hybridized carbons (Fsp3) is 0.893. The van der Waals surface area contributed by atoms with E-state index >= 15 is 0 Å². The van der Waals surface area contributed by atoms with Crippen molar-refractivity contribution in [1.82, 2.24) is 0 Å². The average molecular weight is 415 g/mol. The number of ketones is 1. The topological polar surface area (TPSA) is 37.3 Å². The quantitative estimate of drug-likeness (QED) is 0.369. The number of carbonyl (C=O) groups excluding carboxylic acids is 1. The summed E-state index contributed by atoms with van der Waals surface area (Å²) in [5.41, 5.74) is 1.45. The molecule has 0 amide bonds. The van der Waals surface area contributed by atoms with Crippen molar-refractivity contribution in [1.29, 1.82) is 0 Å². The van der Waals surface area contributed by atoms with Crippen LogP contribution in [0.25, 0.3) is 0 Å². The van der Waals surface area contributed by atoms with Crippen molar-refractivity contribution in [3.63, 3.8) is 0 Å². The number of fused-ring (bicyclic) bond motifs is 5. The van der Waals surface area contributed by atoms with Crippen molar-refractivity contribution in [2.24, 2.45) is 52.3 Å². The second-order valence-electron chi connectivity index (χ2n) is 12.6. The highest BCUT2D eigenvalue weighted by atomic mass is 16.2. The number of rotatable bonds is 5. The van der Waals surface area contributed by atoms with Crippen molar-refractivity contribution >= 4 is 5.78 Å². The molecule has 4 saturated carbocycles. The van der Waals surface area contributed by atoms with Crippen molar-refractivity contribution in [3.05, 3.63) is 11.8 Å². The molecule has 0 aromatic carbocycles. The number of hydrogen-bond acceptors (Lipinski definition) is 2. The molecule has 4 rings (SSSR count). The molecular formula is C28H46O2. The zero-order valence-corrected chi connectivity index (χ0v) is 20.3. The van der Waals surface area contributed by atoms with E-state index < -0.39 is 0 Å². The third-order valence-corrected chi connectivity index (χ3v) is 10.8. The van der Waals surface area contributed by atoms with E-state index in [0.717, 1.165) is 48.2 Å². The van der Waals surface area contributed by atoms with Gasteiger partial charge in [0.05, 0.1) is 6.26 Å². The summed E-state index contributed by atoms with van der Waals surface area (Å²) in [7, 11) is 0. The Bertz CT molecular complexity index is 678. The van der Waals surface area contributed by atoms with E-state index in [1.54, 1.807) is 0 Å². The predicted octanol–water partition coefficient (Wildman–Crippen LogP) is 7.73. The number of hydrogen-bond donors (Lipinski definition) is 1. The summed E-state index contributed by atoms with van der Waals surface area (Å²) < 4.78 is 0. The Morgan fingerprint density at radius 1 is 1.00 bits per heavy atom. The van der Waals surface area contributed by atoms with Gasteiger partial charge < -0.3 is 5.11 Å². The van der Waals surface area contributed by atoms with Crippen molar-refractivity contribution < 1.29 is 9.90 Å². The monoisotopic (exact) mass is 414 g/mol. The van der Waals surface area contributed by atoms with Gasteiger partial charge in [-0.15, -0.1) is 0 Å². The van der Waals surface area contributed by atoms with Crippen LogP contribution in [-0.4, -0.2) is 10.9 Å². The summed E-state index contributed by atoms with van der Waals surface area (Å²) in [6, 6.07) is 0. The maximum atomic E-state index is 12.4. The lowest BCUT2D eigenvalue weighted by Crippen LogP contribution is -2.54. The minimum absolute atomic E-state index is 0.204. The lowest BCUT2D eigenvalue weighted by molar-refractivity contribution is -0.133. The highest BCUT2D eigenvalue weighted by Crippen LogP contribution is 2.68. The van der Waals surface area contributed by atoms with E-state index in [1.807, 2.05) is 0 Å². The van der Waals surface area contributed by atoms with Crippen LogP contribution in [0.1, 0.15) is 105 Å². The number of allylic oxidation sites excluding steroid dienone is 1. The molecule has 30 heavy (non-hydrogen) atoms. The predicted molar refractivity (Wildman–Crippen MR) is 124 cm³/mol. The number of aliphatic hydroxyl groups excluding tert-OH is 1. The lowest BCUT2D eigenvalue weighted by atomic mass is 9.44. The largest absolute Gasteiger partial charge is 0.515 e. The molecule has 0 aliphatic heterocycles. The number of carbonyl (C=O) groups is 1. The van der Waals surface area contributed by atoms with E-state index in [2.05, 4.69) is 34.6 Å². The van der Waals surface area contributed by atoms with Crippen molar-refractivity contribution in [3.8, 4) is 0 Å². The maximum absolute atomic E-state index is 12.4. The molecule has 2 nitrogen and oxygen atoms in total. The average Bonchev–Trinajstić information content (AvgIpc) is 3.05. The van der Waals surface area contributed by atoms with Gasteiger partial charge in [0.25, 0.3) is 0 Å². The number of aliphatic hydroxyl groups is 1. The zero-order chi connectivity index (χ0) is 21.7. The summed E-state index contributed by atoms with van der Waals surface area (Å²) in [4.78, 5) is 12.4. The summed E-state index contributed by atoms with van der Waals surface area (Å²) in [6.07, 6.45) is 14.9. The van der Waals surface area contributed by atoms with E-state index in [-0.39, 0.29) is 11.2 Å². The first-order chi connectivity index (χ1) is 14.2. The van der Waals surface area contributed by atoms with Crippen LogP contribution in [0.3, 0.4) is 0 Å². The fourth-order valence-corrected chi connectivity index (χ4v) is 9.15. The highest BCUT2D eigenvalue weighted by molar-refractivity contribution is 5.96. The van der Waals surface area contributed by atoms with Gasteiger partial charge in [0.1, 0.15) is 0 Å². The second kappa shape index (κ2) is 8.28. The van der Waals surface area contributed by atoms with E-state index in [4.69, 9.17) is 0 Å². The van der Waals surface area contributed by atoms with Gasteiger partial charge in [-0.2, -0.15) is 0 Å². The molecule has 0 radical (unpaired) electrons. The zero-order valence-electron chi connectivity index (χ0n) is 20.3. The molecule has 4 aliphatic carbocycles.